The summed E-state index contributed by atoms with van der Waals surface area (Å²) in [6.07, 6.45) is 7.89. The highest BCUT2D eigenvalue weighted by Gasteiger charge is 2.33. The van der Waals surface area contributed by atoms with Crippen LogP contribution in [0.1, 0.15) is 68.5 Å². The second-order valence-electron chi connectivity index (χ2n) is 5.78. The van der Waals surface area contributed by atoms with Gasteiger partial charge in [0, 0.05) is 11.8 Å². The lowest BCUT2D eigenvalue weighted by atomic mass is 10.0. The summed E-state index contributed by atoms with van der Waals surface area (Å²) in [5.41, 5.74) is 0. The molecule has 2 heterocycles. The molecule has 1 atom stereocenters. The van der Waals surface area contributed by atoms with Crippen molar-refractivity contribution in [1.82, 2.24) is 10.1 Å². The summed E-state index contributed by atoms with van der Waals surface area (Å²) in [5, 5.41) is 4.02. The van der Waals surface area contributed by atoms with E-state index >= 15 is 0 Å². The molecule has 2 fully saturated rings. The third kappa shape index (κ3) is 2.99. The van der Waals surface area contributed by atoms with E-state index in [4.69, 9.17) is 4.52 Å². The number of rotatable bonds is 2. The largest absolute Gasteiger partial charge is 0.339 e. The number of aromatic nitrogens is 2. The zero-order chi connectivity index (χ0) is 13.3. The van der Waals surface area contributed by atoms with Crippen LogP contribution in [0, 0.1) is 0 Å². The molecule has 6 heteroatoms. The Kier molecular flexibility index (Phi) is 3.60. The molecule has 2 aliphatic rings. The van der Waals surface area contributed by atoms with Gasteiger partial charge in [0.1, 0.15) is 0 Å². The van der Waals surface area contributed by atoms with Crippen molar-refractivity contribution in [3.63, 3.8) is 0 Å². The molecule has 0 aromatic carbocycles. The SMILES string of the molecule is O=S1(=O)CC[C@H](c2noc(C3CCCCCC3)n2)C1. The minimum Gasteiger partial charge on any atom is -0.339 e. The topological polar surface area (TPSA) is 73.1 Å². The van der Waals surface area contributed by atoms with Gasteiger partial charge >= 0.3 is 0 Å². The molecule has 1 aromatic rings. The van der Waals surface area contributed by atoms with E-state index in [0.29, 0.717) is 18.2 Å². The van der Waals surface area contributed by atoms with Crippen molar-refractivity contribution in [2.75, 3.05) is 11.5 Å². The number of nitrogens with zero attached hydrogens (tertiary/aromatic N) is 2. The van der Waals surface area contributed by atoms with Gasteiger partial charge in [-0.15, -0.1) is 0 Å². The molecule has 0 N–H and O–H groups in total. The van der Waals surface area contributed by atoms with E-state index in [2.05, 4.69) is 10.1 Å². The average Bonchev–Trinajstić information content (AvgIpc) is 2.88. The summed E-state index contributed by atoms with van der Waals surface area (Å²) < 4.78 is 28.3. The second-order valence-corrected chi connectivity index (χ2v) is 8.01. The quantitative estimate of drug-likeness (QED) is 0.780. The Hall–Kier alpha value is -0.910. The van der Waals surface area contributed by atoms with Crippen LogP contribution in [0.3, 0.4) is 0 Å². The van der Waals surface area contributed by atoms with Gasteiger partial charge in [-0.25, -0.2) is 8.42 Å². The van der Waals surface area contributed by atoms with Crippen molar-refractivity contribution < 1.29 is 12.9 Å². The van der Waals surface area contributed by atoms with E-state index in [0.717, 1.165) is 18.7 Å². The maximum atomic E-state index is 11.5. The van der Waals surface area contributed by atoms with Crippen LogP contribution in [-0.2, 0) is 9.84 Å². The van der Waals surface area contributed by atoms with Crippen LogP contribution in [0.15, 0.2) is 4.52 Å². The van der Waals surface area contributed by atoms with Crippen molar-refractivity contribution in [3.05, 3.63) is 11.7 Å². The lowest BCUT2D eigenvalue weighted by Crippen LogP contribution is -2.05. The van der Waals surface area contributed by atoms with Gasteiger partial charge in [-0.05, 0) is 19.3 Å². The Morgan fingerprint density at radius 1 is 1.00 bits per heavy atom. The molecule has 1 aliphatic heterocycles. The first-order valence-electron chi connectivity index (χ1n) is 7.18. The molecule has 0 radical (unpaired) electrons. The first kappa shape index (κ1) is 13.1. The maximum Gasteiger partial charge on any atom is 0.229 e. The van der Waals surface area contributed by atoms with E-state index in [-0.39, 0.29) is 17.4 Å². The van der Waals surface area contributed by atoms with Gasteiger partial charge in [-0.1, -0.05) is 30.8 Å². The summed E-state index contributed by atoms with van der Waals surface area (Å²) >= 11 is 0. The van der Waals surface area contributed by atoms with Crippen molar-refractivity contribution in [3.8, 4) is 0 Å². The van der Waals surface area contributed by atoms with E-state index in [9.17, 15) is 8.42 Å². The maximum absolute atomic E-state index is 11.5. The molecule has 1 saturated carbocycles. The highest BCUT2D eigenvalue weighted by atomic mass is 32.2. The molecule has 1 aromatic heterocycles. The van der Waals surface area contributed by atoms with Gasteiger partial charge < -0.3 is 4.52 Å². The number of sulfone groups is 1. The van der Waals surface area contributed by atoms with Crippen molar-refractivity contribution in [2.24, 2.45) is 0 Å². The molecular weight excluding hydrogens is 264 g/mol. The average molecular weight is 284 g/mol. The van der Waals surface area contributed by atoms with Crippen LogP contribution >= 0.6 is 0 Å². The van der Waals surface area contributed by atoms with Gasteiger partial charge in [-0.2, -0.15) is 4.98 Å². The summed E-state index contributed by atoms with van der Waals surface area (Å²) in [6, 6.07) is 0. The zero-order valence-electron chi connectivity index (χ0n) is 11.0. The van der Waals surface area contributed by atoms with Gasteiger partial charge in [0.25, 0.3) is 0 Å². The van der Waals surface area contributed by atoms with E-state index < -0.39 is 9.84 Å². The van der Waals surface area contributed by atoms with Crippen LogP contribution in [0.25, 0.3) is 0 Å². The van der Waals surface area contributed by atoms with Gasteiger partial charge in [0.2, 0.25) is 5.89 Å². The van der Waals surface area contributed by atoms with E-state index in [1.54, 1.807) is 0 Å². The molecule has 0 spiro atoms. The predicted molar refractivity (Wildman–Crippen MR) is 70.8 cm³/mol. The van der Waals surface area contributed by atoms with Gasteiger partial charge in [0.15, 0.2) is 15.7 Å². The monoisotopic (exact) mass is 284 g/mol. The van der Waals surface area contributed by atoms with Crippen molar-refractivity contribution in [2.45, 2.75) is 56.8 Å². The fourth-order valence-electron chi connectivity index (χ4n) is 3.10. The minimum atomic E-state index is -2.89. The lowest BCUT2D eigenvalue weighted by Gasteiger charge is -2.07. The summed E-state index contributed by atoms with van der Waals surface area (Å²) in [7, 11) is -2.89. The van der Waals surface area contributed by atoms with E-state index in [1.807, 2.05) is 0 Å². The number of hydrogen-bond acceptors (Lipinski definition) is 5. The Balaban J connectivity index is 1.72. The van der Waals surface area contributed by atoms with E-state index in [1.165, 1.54) is 25.7 Å². The van der Waals surface area contributed by atoms with Crippen molar-refractivity contribution >= 4 is 9.84 Å². The third-order valence-corrected chi connectivity index (χ3v) is 6.03. The van der Waals surface area contributed by atoms with Gasteiger partial charge in [0.05, 0.1) is 11.5 Å². The van der Waals surface area contributed by atoms with Crippen LogP contribution in [0.5, 0.6) is 0 Å². The third-order valence-electron chi connectivity index (χ3n) is 4.26. The highest BCUT2D eigenvalue weighted by molar-refractivity contribution is 7.91. The fraction of sp³-hybridized carbons (Fsp3) is 0.846. The molecule has 1 aliphatic carbocycles. The Bertz CT molecular complexity index is 530. The summed E-state index contributed by atoms with van der Waals surface area (Å²) in [6.45, 7) is 0. The normalized spacial score (nSPS) is 28.3. The summed E-state index contributed by atoms with van der Waals surface area (Å²) in [5.74, 6) is 2.07. The predicted octanol–water partition coefficient (Wildman–Crippen LogP) is 2.41. The standard InChI is InChI=1S/C13H20N2O3S/c16-19(17)8-7-11(9-19)12-14-13(18-15-12)10-5-3-1-2-4-6-10/h10-11H,1-9H2/t11-/m0/s1. The molecule has 0 unspecified atom stereocenters. The smallest absolute Gasteiger partial charge is 0.229 e. The van der Waals surface area contributed by atoms with Crippen LogP contribution < -0.4 is 0 Å². The molecule has 3 rings (SSSR count). The molecule has 0 bridgehead atoms. The van der Waals surface area contributed by atoms with Crippen molar-refractivity contribution in [1.29, 1.82) is 0 Å². The molecule has 0 amide bonds. The van der Waals surface area contributed by atoms with Crippen LogP contribution in [-0.4, -0.2) is 30.1 Å². The summed E-state index contributed by atoms with van der Waals surface area (Å²) in [4.78, 5) is 4.48. The van der Waals surface area contributed by atoms with Gasteiger partial charge in [-0.3, -0.25) is 0 Å². The van der Waals surface area contributed by atoms with Crippen LogP contribution in [0.2, 0.25) is 0 Å². The molecule has 5 nitrogen and oxygen atoms in total. The Morgan fingerprint density at radius 3 is 2.37 bits per heavy atom. The second kappa shape index (κ2) is 5.23. The Morgan fingerprint density at radius 2 is 1.74 bits per heavy atom. The molecule has 106 valence electrons. The first-order valence-corrected chi connectivity index (χ1v) is 9.00. The molecule has 19 heavy (non-hydrogen) atoms. The number of hydrogen-bond donors (Lipinski definition) is 0. The molecular formula is C13H20N2O3S. The minimum absolute atomic E-state index is 0.0618. The molecule has 1 saturated heterocycles. The first-order chi connectivity index (χ1) is 9.14. The van der Waals surface area contributed by atoms with Crippen LogP contribution in [0.4, 0.5) is 0 Å². The highest BCUT2D eigenvalue weighted by Crippen LogP contribution is 2.32. The fourth-order valence-corrected chi connectivity index (χ4v) is 4.84. The lowest BCUT2D eigenvalue weighted by molar-refractivity contribution is 0.336. The zero-order valence-corrected chi connectivity index (χ0v) is 11.9. The Labute approximate surface area is 113 Å².